The molecule has 0 rings (SSSR count). The Bertz CT molecular complexity index is 234. The topological polar surface area (TPSA) is 17.1 Å². The van der Waals surface area contributed by atoms with Gasteiger partial charge in [-0.25, -0.2) is 0 Å². The number of carbonyl (C=O) groups is 1. The van der Waals surface area contributed by atoms with Gasteiger partial charge in [-0.2, -0.15) is 0 Å². The van der Waals surface area contributed by atoms with Gasteiger partial charge in [-0.05, 0) is 44.8 Å². The molecule has 0 aromatic carbocycles. The van der Waals surface area contributed by atoms with Gasteiger partial charge in [0.05, 0.1) is 0 Å². The number of rotatable bonds is 6. The number of hydrogen-bond donors (Lipinski definition) is 0. The van der Waals surface area contributed by atoms with E-state index in [0.29, 0.717) is 0 Å². The van der Waals surface area contributed by atoms with Crippen molar-refractivity contribution >= 4 is 6.29 Å². The van der Waals surface area contributed by atoms with Crippen LogP contribution in [0.1, 0.15) is 53.4 Å². The third kappa shape index (κ3) is 5.00. The highest BCUT2D eigenvalue weighted by Crippen LogP contribution is 2.14. The van der Waals surface area contributed by atoms with Gasteiger partial charge in [-0.3, -0.25) is 4.79 Å². The maximum absolute atomic E-state index is 10.5. The zero-order valence-corrected chi connectivity index (χ0v) is 9.89. The second kappa shape index (κ2) is 7.54. The zero-order chi connectivity index (χ0) is 11.0. The Morgan fingerprint density at radius 1 is 1.14 bits per heavy atom. The van der Waals surface area contributed by atoms with Crippen molar-refractivity contribution in [3.05, 3.63) is 22.8 Å². The summed E-state index contributed by atoms with van der Waals surface area (Å²) >= 11 is 0. The summed E-state index contributed by atoms with van der Waals surface area (Å²) in [6.07, 6.45) is 8.09. The first-order valence-corrected chi connectivity index (χ1v) is 5.43. The average Bonchev–Trinajstić information content (AvgIpc) is 2.21. The molecular formula is C13H22O. The Hall–Kier alpha value is -0.850. The van der Waals surface area contributed by atoms with Crippen molar-refractivity contribution in [2.45, 2.75) is 53.4 Å². The van der Waals surface area contributed by atoms with Crippen LogP contribution in [0, 0.1) is 0 Å². The molecule has 0 aliphatic carbocycles. The first-order valence-electron chi connectivity index (χ1n) is 5.43. The van der Waals surface area contributed by atoms with Gasteiger partial charge in [0.2, 0.25) is 0 Å². The number of unbranched alkanes of at least 4 members (excludes halogenated alkanes) is 3. The lowest BCUT2D eigenvalue weighted by atomic mass is 10.0. The lowest BCUT2D eigenvalue weighted by Crippen LogP contribution is -1.87. The van der Waals surface area contributed by atoms with Crippen LogP contribution >= 0.6 is 0 Å². The third-order valence-electron chi connectivity index (χ3n) is 2.62. The maximum atomic E-state index is 10.5. The predicted molar refractivity (Wildman–Crippen MR) is 62.3 cm³/mol. The van der Waals surface area contributed by atoms with Gasteiger partial charge in [-0.1, -0.05) is 31.4 Å². The van der Waals surface area contributed by atoms with Crippen molar-refractivity contribution in [2.24, 2.45) is 0 Å². The summed E-state index contributed by atoms with van der Waals surface area (Å²) in [5.74, 6) is 0. The van der Waals surface area contributed by atoms with Crippen LogP contribution in [-0.2, 0) is 4.79 Å². The lowest BCUT2D eigenvalue weighted by Gasteiger charge is -2.03. The molecule has 0 aliphatic heterocycles. The molecule has 0 aromatic rings. The van der Waals surface area contributed by atoms with Crippen LogP contribution in [0.2, 0.25) is 0 Å². The van der Waals surface area contributed by atoms with Crippen molar-refractivity contribution in [1.29, 1.82) is 0 Å². The number of aldehydes is 1. The van der Waals surface area contributed by atoms with Gasteiger partial charge in [0.1, 0.15) is 6.29 Å². The molecule has 0 fully saturated rings. The molecule has 80 valence electrons. The molecule has 14 heavy (non-hydrogen) atoms. The Morgan fingerprint density at radius 3 is 2.29 bits per heavy atom. The summed E-state index contributed by atoms with van der Waals surface area (Å²) < 4.78 is 0. The van der Waals surface area contributed by atoms with Gasteiger partial charge in [0, 0.05) is 0 Å². The fourth-order valence-electron chi connectivity index (χ4n) is 1.27. The Labute approximate surface area is 87.9 Å². The van der Waals surface area contributed by atoms with E-state index in [9.17, 15) is 4.79 Å². The molecule has 0 radical (unpaired) electrons. The summed E-state index contributed by atoms with van der Waals surface area (Å²) in [6, 6.07) is 0. The number of carbonyl (C=O) groups excluding carboxylic acids is 1. The van der Waals surface area contributed by atoms with E-state index in [4.69, 9.17) is 0 Å². The molecule has 0 amide bonds. The minimum atomic E-state index is 0.842. The van der Waals surface area contributed by atoms with Crippen LogP contribution in [0.4, 0.5) is 0 Å². The van der Waals surface area contributed by atoms with Crippen molar-refractivity contribution in [3.63, 3.8) is 0 Å². The molecular weight excluding hydrogens is 172 g/mol. The monoisotopic (exact) mass is 194 g/mol. The smallest absolute Gasteiger partial charge is 0.146 e. The molecule has 0 saturated heterocycles. The molecule has 0 atom stereocenters. The largest absolute Gasteiger partial charge is 0.298 e. The third-order valence-corrected chi connectivity index (χ3v) is 2.62. The highest BCUT2D eigenvalue weighted by Gasteiger charge is 1.97. The van der Waals surface area contributed by atoms with Gasteiger partial charge < -0.3 is 0 Å². The fraction of sp³-hybridized carbons (Fsp3) is 0.615. The van der Waals surface area contributed by atoms with Gasteiger partial charge >= 0.3 is 0 Å². The molecule has 1 heteroatoms. The molecule has 0 N–H and O–H groups in total. The standard InChI is InChI=1S/C13H22O/c1-5-6-7-8-9-11(2)13(4)12(3)10-14/h9-10H,5-8H2,1-4H3/b11-9+,13-12+. The summed E-state index contributed by atoms with van der Waals surface area (Å²) in [7, 11) is 0. The van der Waals surface area contributed by atoms with Crippen molar-refractivity contribution in [2.75, 3.05) is 0 Å². The van der Waals surface area contributed by atoms with Crippen molar-refractivity contribution in [1.82, 2.24) is 0 Å². The van der Waals surface area contributed by atoms with E-state index < -0.39 is 0 Å². The van der Waals surface area contributed by atoms with E-state index in [1.165, 1.54) is 24.8 Å². The lowest BCUT2D eigenvalue weighted by molar-refractivity contribution is -0.104. The van der Waals surface area contributed by atoms with Crippen molar-refractivity contribution in [3.8, 4) is 0 Å². The number of hydrogen-bond acceptors (Lipinski definition) is 1. The second-order valence-electron chi connectivity index (χ2n) is 3.81. The maximum Gasteiger partial charge on any atom is 0.146 e. The second-order valence-corrected chi connectivity index (χ2v) is 3.81. The molecule has 0 aromatic heterocycles. The van der Waals surface area contributed by atoms with Crippen LogP contribution in [0.5, 0.6) is 0 Å². The van der Waals surface area contributed by atoms with E-state index in [1.54, 1.807) is 0 Å². The normalized spacial score (nSPS) is 13.9. The average molecular weight is 194 g/mol. The van der Waals surface area contributed by atoms with Gasteiger partial charge in [-0.15, -0.1) is 0 Å². The highest BCUT2D eigenvalue weighted by molar-refractivity contribution is 5.75. The van der Waals surface area contributed by atoms with Crippen LogP contribution < -0.4 is 0 Å². The molecule has 1 nitrogen and oxygen atoms in total. The van der Waals surface area contributed by atoms with E-state index in [2.05, 4.69) is 19.9 Å². The highest BCUT2D eigenvalue weighted by atomic mass is 16.1. The molecule has 0 heterocycles. The van der Waals surface area contributed by atoms with E-state index in [0.717, 1.165) is 23.9 Å². The van der Waals surface area contributed by atoms with E-state index in [1.807, 2.05) is 13.8 Å². The molecule has 0 saturated carbocycles. The summed E-state index contributed by atoms with van der Waals surface area (Å²) in [6.45, 7) is 8.16. The first-order chi connectivity index (χ1) is 6.63. The van der Waals surface area contributed by atoms with Crippen LogP contribution in [0.15, 0.2) is 22.8 Å². The zero-order valence-electron chi connectivity index (χ0n) is 9.89. The fourth-order valence-corrected chi connectivity index (χ4v) is 1.27. The molecule has 0 aliphatic rings. The molecule has 0 spiro atoms. The Morgan fingerprint density at radius 2 is 1.79 bits per heavy atom. The molecule has 0 unspecified atom stereocenters. The SMILES string of the molecule is CCCCC/C=C(C)/C(C)=C(\C)C=O. The van der Waals surface area contributed by atoms with Crippen LogP contribution in [-0.4, -0.2) is 6.29 Å². The van der Waals surface area contributed by atoms with Crippen molar-refractivity contribution < 1.29 is 4.79 Å². The van der Waals surface area contributed by atoms with Crippen LogP contribution in [0.3, 0.4) is 0 Å². The van der Waals surface area contributed by atoms with E-state index in [-0.39, 0.29) is 0 Å². The minimum Gasteiger partial charge on any atom is -0.298 e. The molecule has 0 bridgehead atoms. The van der Waals surface area contributed by atoms with E-state index >= 15 is 0 Å². The summed E-state index contributed by atoms with van der Waals surface area (Å²) in [5, 5.41) is 0. The Kier molecular flexibility index (Phi) is 7.09. The first kappa shape index (κ1) is 13.2. The number of allylic oxidation sites excluding steroid dienone is 4. The van der Waals surface area contributed by atoms with Gasteiger partial charge in [0.15, 0.2) is 0 Å². The summed E-state index contributed by atoms with van der Waals surface area (Å²) in [4.78, 5) is 10.5. The van der Waals surface area contributed by atoms with Crippen LogP contribution in [0.25, 0.3) is 0 Å². The minimum absolute atomic E-state index is 0.842. The summed E-state index contributed by atoms with van der Waals surface area (Å²) in [5.41, 5.74) is 3.21. The van der Waals surface area contributed by atoms with Gasteiger partial charge in [0.25, 0.3) is 0 Å². The Balaban J connectivity index is 4.17. The predicted octanol–water partition coefficient (Wildman–Crippen LogP) is 4.05. The quantitative estimate of drug-likeness (QED) is 0.270.